The zero-order valence-corrected chi connectivity index (χ0v) is 18.6. The molecule has 34 heavy (non-hydrogen) atoms. The summed E-state index contributed by atoms with van der Waals surface area (Å²) in [6, 6.07) is 20.2. The van der Waals surface area contributed by atoms with Crippen molar-refractivity contribution in [2.75, 3.05) is 0 Å². The van der Waals surface area contributed by atoms with Crippen molar-refractivity contribution in [1.82, 2.24) is 0 Å². The third kappa shape index (κ3) is 5.12. The second-order valence-electron chi connectivity index (χ2n) is 8.34. The van der Waals surface area contributed by atoms with Gasteiger partial charge in [0.15, 0.2) is 5.78 Å². The van der Waals surface area contributed by atoms with Crippen molar-refractivity contribution < 1.29 is 29.6 Å². The Morgan fingerprint density at radius 2 is 1.74 bits per heavy atom. The number of carboxylic acids is 1. The van der Waals surface area contributed by atoms with Gasteiger partial charge in [-0.2, -0.15) is 0 Å². The molecule has 0 aromatic heterocycles. The third-order valence-corrected chi connectivity index (χ3v) is 5.97. The maximum atomic E-state index is 13.0. The van der Waals surface area contributed by atoms with Crippen LogP contribution >= 0.6 is 0 Å². The number of benzene rings is 3. The van der Waals surface area contributed by atoms with Gasteiger partial charge in [-0.15, -0.1) is 0 Å². The van der Waals surface area contributed by atoms with Crippen molar-refractivity contribution in [1.29, 1.82) is 0 Å². The Labute approximate surface area is 197 Å². The van der Waals surface area contributed by atoms with Crippen LogP contribution in [-0.2, 0) is 4.79 Å². The van der Waals surface area contributed by atoms with E-state index in [-0.39, 0.29) is 47.0 Å². The molecule has 1 aliphatic heterocycles. The fourth-order valence-electron chi connectivity index (χ4n) is 4.30. The SMILES string of the molecule is O=C(O)CCCC(C=Cc1ccccc1)c1c(O)cc2c(c1O)C(=O)CC(c1ccccc1)O2. The number of Topliss-reactive ketones (excluding diaryl/α,β-unsaturated/α-hetero) is 1. The first kappa shape index (κ1) is 23.1. The minimum atomic E-state index is -0.916. The van der Waals surface area contributed by atoms with Crippen LogP contribution in [0.4, 0.5) is 0 Å². The summed E-state index contributed by atoms with van der Waals surface area (Å²) in [4.78, 5) is 24.1. The molecule has 0 aliphatic carbocycles. The zero-order chi connectivity index (χ0) is 24.1. The Kier molecular flexibility index (Phi) is 6.97. The number of hydrogen-bond donors (Lipinski definition) is 3. The maximum absolute atomic E-state index is 13.0. The Morgan fingerprint density at radius 1 is 1.06 bits per heavy atom. The van der Waals surface area contributed by atoms with Crippen LogP contribution in [0, 0.1) is 0 Å². The van der Waals surface area contributed by atoms with Gasteiger partial charge in [0.05, 0.1) is 6.42 Å². The highest BCUT2D eigenvalue weighted by Gasteiger charge is 2.34. The molecular weight excluding hydrogens is 432 g/mol. The molecule has 0 radical (unpaired) electrons. The molecule has 0 fully saturated rings. The summed E-state index contributed by atoms with van der Waals surface area (Å²) < 4.78 is 5.99. The quantitative estimate of drug-likeness (QED) is 0.391. The molecule has 1 heterocycles. The van der Waals surface area contributed by atoms with E-state index >= 15 is 0 Å². The topological polar surface area (TPSA) is 104 Å². The van der Waals surface area contributed by atoms with Gasteiger partial charge in [0, 0.05) is 24.0 Å². The number of aliphatic carboxylic acids is 1. The van der Waals surface area contributed by atoms with Crippen molar-refractivity contribution in [3.8, 4) is 17.2 Å². The highest BCUT2D eigenvalue weighted by molar-refractivity contribution is 6.03. The molecule has 0 saturated carbocycles. The zero-order valence-electron chi connectivity index (χ0n) is 18.6. The molecule has 2 atom stereocenters. The molecule has 174 valence electrons. The summed E-state index contributed by atoms with van der Waals surface area (Å²) in [6.07, 6.45) is 3.91. The van der Waals surface area contributed by atoms with Crippen molar-refractivity contribution in [2.45, 2.75) is 37.7 Å². The number of carbonyl (C=O) groups excluding carboxylic acids is 1. The van der Waals surface area contributed by atoms with Gasteiger partial charge in [0.25, 0.3) is 0 Å². The average Bonchev–Trinajstić information content (AvgIpc) is 2.82. The van der Waals surface area contributed by atoms with Crippen LogP contribution in [0.25, 0.3) is 6.08 Å². The van der Waals surface area contributed by atoms with E-state index in [0.29, 0.717) is 12.8 Å². The number of phenolic OH excluding ortho intramolecular Hbond substituents is 2. The van der Waals surface area contributed by atoms with E-state index in [1.165, 1.54) is 6.07 Å². The summed E-state index contributed by atoms with van der Waals surface area (Å²) in [5, 5.41) is 31.0. The van der Waals surface area contributed by atoms with Crippen LogP contribution in [0.15, 0.2) is 72.8 Å². The lowest BCUT2D eigenvalue weighted by Crippen LogP contribution is -2.21. The van der Waals surface area contributed by atoms with E-state index in [1.54, 1.807) is 0 Å². The molecule has 0 spiro atoms. The molecule has 0 amide bonds. The minimum Gasteiger partial charge on any atom is -0.507 e. The first-order chi connectivity index (χ1) is 16.4. The molecule has 3 N–H and O–H groups in total. The lowest BCUT2D eigenvalue weighted by atomic mass is 9.86. The standard InChI is InChI=1S/C28H26O6/c29-21-17-24-27(22(30)16-23(34-24)19-10-5-2-6-11-19)28(33)26(21)20(12-7-13-25(31)32)15-14-18-8-3-1-4-9-18/h1-6,8-11,14-15,17,20,23,29,33H,7,12-13,16H2,(H,31,32). The molecule has 4 rings (SSSR count). The van der Waals surface area contributed by atoms with Gasteiger partial charge in [-0.1, -0.05) is 72.8 Å². The number of rotatable bonds is 8. The number of carboxylic acid groups (broad SMARTS) is 1. The highest BCUT2D eigenvalue weighted by atomic mass is 16.5. The van der Waals surface area contributed by atoms with Crippen molar-refractivity contribution in [2.24, 2.45) is 0 Å². The molecule has 2 unspecified atom stereocenters. The smallest absolute Gasteiger partial charge is 0.303 e. The Bertz CT molecular complexity index is 1200. The normalized spacial score (nSPS) is 16.1. The molecular formula is C28H26O6. The third-order valence-electron chi connectivity index (χ3n) is 5.97. The fraction of sp³-hybridized carbons (Fsp3) is 0.214. The lowest BCUT2D eigenvalue weighted by Gasteiger charge is -2.28. The van der Waals surface area contributed by atoms with Crippen molar-refractivity contribution in [3.05, 3.63) is 95.1 Å². The molecule has 0 saturated heterocycles. The molecule has 3 aromatic rings. The van der Waals surface area contributed by atoms with Gasteiger partial charge in [-0.05, 0) is 24.0 Å². The number of fused-ring (bicyclic) bond motifs is 1. The summed E-state index contributed by atoms with van der Waals surface area (Å²) in [5.41, 5.74) is 2.01. The molecule has 3 aromatic carbocycles. The second kappa shape index (κ2) is 10.3. The van der Waals surface area contributed by atoms with E-state index in [2.05, 4.69) is 0 Å². The monoisotopic (exact) mass is 458 g/mol. The number of allylic oxidation sites excluding steroid dienone is 1. The Balaban J connectivity index is 1.69. The maximum Gasteiger partial charge on any atom is 0.303 e. The Morgan fingerprint density at radius 3 is 2.41 bits per heavy atom. The van der Waals surface area contributed by atoms with Crippen LogP contribution in [0.2, 0.25) is 0 Å². The largest absolute Gasteiger partial charge is 0.507 e. The highest BCUT2D eigenvalue weighted by Crippen LogP contribution is 2.48. The first-order valence-corrected chi connectivity index (χ1v) is 11.2. The van der Waals surface area contributed by atoms with E-state index in [9.17, 15) is 19.8 Å². The minimum absolute atomic E-state index is 0.0388. The number of ketones is 1. The van der Waals surface area contributed by atoms with Crippen molar-refractivity contribution in [3.63, 3.8) is 0 Å². The summed E-state index contributed by atoms with van der Waals surface area (Å²) in [6.45, 7) is 0. The predicted octanol–water partition coefficient (Wildman–Crippen LogP) is 5.86. The van der Waals surface area contributed by atoms with Gasteiger partial charge in [-0.25, -0.2) is 0 Å². The number of phenols is 2. The van der Waals surface area contributed by atoms with E-state index < -0.39 is 18.0 Å². The fourth-order valence-corrected chi connectivity index (χ4v) is 4.30. The van der Waals surface area contributed by atoms with E-state index in [1.807, 2.05) is 72.8 Å². The van der Waals surface area contributed by atoms with Gasteiger partial charge in [0.1, 0.15) is 28.9 Å². The van der Waals surface area contributed by atoms with Crippen LogP contribution in [0.1, 0.15) is 64.8 Å². The van der Waals surface area contributed by atoms with E-state index in [0.717, 1.165) is 11.1 Å². The van der Waals surface area contributed by atoms with Gasteiger partial charge >= 0.3 is 5.97 Å². The first-order valence-electron chi connectivity index (χ1n) is 11.2. The predicted molar refractivity (Wildman–Crippen MR) is 128 cm³/mol. The number of carbonyl (C=O) groups is 2. The number of aromatic hydroxyl groups is 2. The molecule has 6 heteroatoms. The Hall–Kier alpha value is -4.06. The molecule has 6 nitrogen and oxygen atoms in total. The van der Waals surface area contributed by atoms with Crippen LogP contribution in [-0.4, -0.2) is 27.1 Å². The van der Waals surface area contributed by atoms with Crippen LogP contribution in [0.3, 0.4) is 0 Å². The second-order valence-corrected chi connectivity index (χ2v) is 8.34. The number of ether oxygens (including phenoxy) is 1. The summed E-state index contributed by atoms with van der Waals surface area (Å²) in [7, 11) is 0. The summed E-state index contributed by atoms with van der Waals surface area (Å²) in [5.74, 6) is -2.06. The average molecular weight is 459 g/mol. The lowest BCUT2D eigenvalue weighted by molar-refractivity contribution is -0.137. The van der Waals surface area contributed by atoms with Gasteiger partial charge in [-0.3, -0.25) is 9.59 Å². The molecule has 1 aliphatic rings. The van der Waals surface area contributed by atoms with Gasteiger partial charge < -0.3 is 20.1 Å². The van der Waals surface area contributed by atoms with Crippen LogP contribution in [0.5, 0.6) is 17.2 Å². The van der Waals surface area contributed by atoms with E-state index in [4.69, 9.17) is 9.84 Å². The number of hydrogen-bond acceptors (Lipinski definition) is 5. The molecule has 0 bridgehead atoms. The van der Waals surface area contributed by atoms with Crippen LogP contribution < -0.4 is 4.74 Å². The summed E-state index contributed by atoms with van der Waals surface area (Å²) >= 11 is 0. The van der Waals surface area contributed by atoms with Crippen molar-refractivity contribution >= 4 is 17.8 Å². The van der Waals surface area contributed by atoms with Gasteiger partial charge in [0.2, 0.25) is 0 Å².